The maximum atomic E-state index is 12.8. The average molecular weight is 347 g/mol. The van der Waals surface area contributed by atoms with E-state index in [2.05, 4.69) is 20.4 Å². The molecule has 0 radical (unpaired) electrons. The molecule has 0 aliphatic heterocycles. The zero-order chi connectivity index (χ0) is 18.1. The zero-order valence-electron chi connectivity index (χ0n) is 14.2. The number of hydrogen-bond donors (Lipinski definition) is 2. The fraction of sp³-hybridized carbons (Fsp3) is 0.158. The zero-order valence-corrected chi connectivity index (χ0v) is 14.2. The van der Waals surface area contributed by atoms with E-state index in [9.17, 15) is 9.59 Å². The SMILES string of the molecule is Cn1ncnc1CCNC(=O)c1c[nH]c2c(ccc3ccccc32)c1=O. The molecule has 7 nitrogen and oxygen atoms in total. The first-order valence-electron chi connectivity index (χ1n) is 8.29. The van der Waals surface area contributed by atoms with E-state index in [1.807, 2.05) is 30.3 Å². The molecule has 2 heterocycles. The molecule has 26 heavy (non-hydrogen) atoms. The second-order valence-electron chi connectivity index (χ2n) is 6.05. The highest BCUT2D eigenvalue weighted by molar-refractivity contribution is 6.07. The molecule has 0 atom stereocenters. The summed E-state index contributed by atoms with van der Waals surface area (Å²) in [7, 11) is 1.79. The topological polar surface area (TPSA) is 92.7 Å². The van der Waals surface area contributed by atoms with Gasteiger partial charge < -0.3 is 10.3 Å². The molecule has 0 bridgehead atoms. The maximum Gasteiger partial charge on any atom is 0.256 e. The van der Waals surface area contributed by atoms with Gasteiger partial charge in [0.2, 0.25) is 5.43 Å². The molecule has 0 fully saturated rings. The van der Waals surface area contributed by atoms with Crippen molar-refractivity contribution in [2.75, 3.05) is 6.54 Å². The quantitative estimate of drug-likeness (QED) is 0.551. The van der Waals surface area contributed by atoms with Gasteiger partial charge in [0.05, 0.1) is 5.52 Å². The number of rotatable bonds is 4. The minimum atomic E-state index is -0.400. The van der Waals surface area contributed by atoms with Gasteiger partial charge in [-0.15, -0.1) is 0 Å². The Morgan fingerprint density at radius 1 is 1.19 bits per heavy atom. The van der Waals surface area contributed by atoms with Crippen LogP contribution in [0.4, 0.5) is 0 Å². The Bertz CT molecular complexity index is 1180. The van der Waals surface area contributed by atoms with Crippen LogP contribution in [-0.2, 0) is 13.5 Å². The summed E-state index contributed by atoms with van der Waals surface area (Å²) in [4.78, 5) is 32.4. The molecule has 2 N–H and O–H groups in total. The van der Waals surface area contributed by atoms with E-state index in [0.717, 1.165) is 22.1 Å². The lowest BCUT2D eigenvalue weighted by molar-refractivity contribution is 0.0952. The second kappa shape index (κ2) is 6.44. The van der Waals surface area contributed by atoms with Gasteiger partial charge in [-0.3, -0.25) is 14.3 Å². The van der Waals surface area contributed by atoms with Crippen LogP contribution >= 0.6 is 0 Å². The van der Waals surface area contributed by atoms with Crippen LogP contribution in [0.5, 0.6) is 0 Å². The summed E-state index contributed by atoms with van der Waals surface area (Å²) in [5.41, 5.74) is 0.565. The Hall–Kier alpha value is -3.48. The number of carbonyl (C=O) groups is 1. The molecule has 1 amide bonds. The highest BCUT2D eigenvalue weighted by Crippen LogP contribution is 2.21. The van der Waals surface area contributed by atoms with Gasteiger partial charge in [-0.2, -0.15) is 5.10 Å². The Labute approximate surface area is 148 Å². The Kier molecular flexibility index (Phi) is 3.96. The van der Waals surface area contributed by atoms with Crippen LogP contribution in [0, 0.1) is 0 Å². The summed E-state index contributed by atoms with van der Waals surface area (Å²) in [5, 5.41) is 9.25. The normalized spacial score (nSPS) is 11.1. The van der Waals surface area contributed by atoms with Gasteiger partial charge in [0.25, 0.3) is 5.91 Å². The number of H-pyrrole nitrogens is 1. The number of nitrogens with zero attached hydrogens (tertiary/aromatic N) is 3. The van der Waals surface area contributed by atoms with Crippen LogP contribution < -0.4 is 10.7 Å². The molecular formula is C19H17N5O2. The maximum absolute atomic E-state index is 12.8. The van der Waals surface area contributed by atoms with Crippen LogP contribution in [0.3, 0.4) is 0 Å². The molecule has 130 valence electrons. The molecular weight excluding hydrogens is 330 g/mol. The van der Waals surface area contributed by atoms with Crippen molar-refractivity contribution >= 4 is 27.6 Å². The van der Waals surface area contributed by atoms with Gasteiger partial charge in [-0.05, 0) is 11.5 Å². The summed E-state index contributed by atoms with van der Waals surface area (Å²) in [6.45, 7) is 0.376. The van der Waals surface area contributed by atoms with Crippen molar-refractivity contribution in [3.63, 3.8) is 0 Å². The summed E-state index contributed by atoms with van der Waals surface area (Å²) < 4.78 is 1.65. The van der Waals surface area contributed by atoms with Crippen LogP contribution in [0.25, 0.3) is 21.7 Å². The van der Waals surface area contributed by atoms with E-state index in [0.29, 0.717) is 18.4 Å². The van der Waals surface area contributed by atoms with E-state index in [4.69, 9.17) is 0 Å². The highest BCUT2D eigenvalue weighted by atomic mass is 16.2. The lowest BCUT2D eigenvalue weighted by Gasteiger charge is -2.07. The number of pyridine rings is 1. The van der Waals surface area contributed by atoms with Crippen molar-refractivity contribution in [1.82, 2.24) is 25.1 Å². The summed E-state index contributed by atoms with van der Waals surface area (Å²) in [6.07, 6.45) is 3.49. The van der Waals surface area contributed by atoms with Crippen LogP contribution in [0.1, 0.15) is 16.2 Å². The van der Waals surface area contributed by atoms with E-state index >= 15 is 0 Å². The van der Waals surface area contributed by atoms with E-state index in [1.165, 1.54) is 12.5 Å². The molecule has 2 aromatic carbocycles. The standard InChI is InChI=1S/C19H17N5O2/c1-24-16(22-11-23-24)8-9-20-19(26)15-10-21-17-13-5-3-2-4-12(13)6-7-14(17)18(15)25/h2-7,10-11H,8-9H2,1H3,(H,20,26)(H,21,25). The first kappa shape index (κ1) is 16.0. The number of fused-ring (bicyclic) bond motifs is 3. The van der Waals surface area contributed by atoms with Gasteiger partial charge in [-0.1, -0.05) is 30.3 Å². The van der Waals surface area contributed by atoms with Crippen molar-refractivity contribution in [3.8, 4) is 0 Å². The van der Waals surface area contributed by atoms with Crippen LogP contribution in [0.15, 0.2) is 53.7 Å². The summed E-state index contributed by atoms with van der Waals surface area (Å²) in [5.74, 6) is 0.368. The Morgan fingerprint density at radius 2 is 2.04 bits per heavy atom. The molecule has 4 rings (SSSR count). The van der Waals surface area contributed by atoms with E-state index < -0.39 is 5.91 Å². The third-order valence-electron chi connectivity index (χ3n) is 4.46. The van der Waals surface area contributed by atoms with E-state index in [-0.39, 0.29) is 11.0 Å². The summed E-state index contributed by atoms with van der Waals surface area (Å²) >= 11 is 0. The van der Waals surface area contributed by atoms with Crippen molar-refractivity contribution in [2.24, 2.45) is 7.05 Å². The predicted molar refractivity (Wildman–Crippen MR) is 99.1 cm³/mol. The fourth-order valence-electron chi connectivity index (χ4n) is 3.07. The number of carbonyl (C=O) groups excluding carboxylic acids is 1. The third-order valence-corrected chi connectivity index (χ3v) is 4.46. The molecule has 0 saturated carbocycles. The minimum absolute atomic E-state index is 0.103. The molecule has 0 saturated heterocycles. The predicted octanol–water partition coefficient (Wildman–Crippen LogP) is 1.78. The Balaban J connectivity index is 1.61. The van der Waals surface area contributed by atoms with Crippen molar-refractivity contribution < 1.29 is 4.79 Å². The van der Waals surface area contributed by atoms with Crippen LogP contribution in [-0.4, -0.2) is 32.2 Å². The lowest BCUT2D eigenvalue weighted by Crippen LogP contribution is -2.30. The largest absolute Gasteiger partial charge is 0.360 e. The van der Waals surface area contributed by atoms with Gasteiger partial charge in [-0.25, -0.2) is 4.98 Å². The number of hydrogen-bond acceptors (Lipinski definition) is 4. The molecule has 0 unspecified atom stereocenters. The molecule has 7 heteroatoms. The third kappa shape index (κ3) is 2.73. The van der Waals surface area contributed by atoms with Gasteiger partial charge in [0, 0.05) is 37.0 Å². The fourth-order valence-corrected chi connectivity index (χ4v) is 3.07. The van der Waals surface area contributed by atoms with Gasteiger partial charge >= 0.3 is 0 Å². The average Bonchev–Trinajstić information content (AvgIpc) is 3.06. The summed E-state index contributed by atoms with van der Waals surface area (Å²) in [6, 6.07) is 11.5. The van der Waals surface area contributed by atoms with Crippen molar-refractivity contribution in [1.29, 1.82) is 0 Å². The number of aromatic nitrogens is 4. The minimum Gasteiger partial charge on any atom is -0.360 e. The number of nitrogens with one attached hydrogen (secondary N) is 2. The number of aromatic amines is 1. The molecule has 0 aliphatic rings. The Morgan fingerprint density at radius 3 is 2.85 bits per heavy atom. The number of benzene rings is 2. The second-order valence-corrected chi connectivity index (χ2v) is 6.05. The van der Waals surface area contributed by atoms with Gasteiger partial charge in [0.15, 0.2) is 0 Å². The molecule has 4 aromatic rings. The number of aryl methyl sites for hydroxylation is 1. The number of amides is 1. The highest BCUT2D eigenvalue weighted by Gasteiger charge is 2.14. The lowest BCUT2D eigenvalue weighted by atomic mass is 10.0. The monoisotopic (exact) mass is 347 g/mol. The van der Waals surface area contributed by atoms with Gasteiger partial charge in [0.1, 0.15) is 17.7 Å². The van der Waals surface area contributed by atoms with Crippen molar-refractivity contribution in [3.05, 3.63) is 70.5 Å². The van der Waals surface area contributed by atoms with Crippen molar-refractivity contribution in [2.45, 2.75) is 6.42 Å². The molecule has 2 aromatic heterocycles. The van der Waals surface area contributed by atoms with Crippen LogP contribution in [0.2, 0.25) is 0 Å². The smallest absolute Gasteiger partial charge is 0.256 e. The first-order valence-corrected chi connectivity index (χ1v) is 8.29. The van der Waals surface area contributed by atoms with E-state index in [1.54, 1.807) is 17.8 Å². The first-order chi connectivity index (χ1) is 12.6. The molecule has 0 spiro atoms. The molecule has 0 aliphatic carbocycles.